The molecule has 1 aliphatic heterocycles. The molecular weight excluding hydrogens is 434 g/mol. The van der Waals surface area contributed by atoms with Crippen LogP contribution in [-0.2, 0) is 4.74 Å². The van der Waals surface area contributed by atoms with E-state index in [4.69, 9.17) is 14.8 Å². The van der Waals surface area contributed by atoms with Crippen molar-refractivity contribution in [2.45, 2.75) is 0 Å². The number of ether oxygens (including phenoxy) is 1. The molecule has 5 heterocycles. The van der Waals surface area contributed by atoms with Crippen molar-refractivity contribution in [3.05, 3.63) is 71.9 Å². The first-order valence-corrected chi connectivity index (χ1v) is 11.6. The van der Waals surface area contributed by atoms with Crippen LogP contribution in [0.2, 0.25) is 0 Å². The SMILES string of the molecule is C(=N\Nc1cc(N2CCOCC2)n2nc(-c3ccncc3)cc2n1)/c1csc2ccccc12. The maximum absolute atomic E-state index is 5.55. The van der Waals surface area contributed by atoms with E-state index in [1.54, 1.807) is 23.7 Å². The van der Waals surface area contributed by atoms with E-state index < -0.39 is 0 Å². The van der Waals surface area contributed by atoms with E-state index in [2.05, 4.69) is 44.0 Å². The molecule has 1 aliphatic rings. The highest BCUT2D eigenvalue weighted by Gasteiger charge is 2.18. The van der Waals surface area contributed by atoms with Gasteiger partial charge in [0, 0.05) is 64.2 Å². The van der Waals surface area contributed by atoms with Crippen LogP contribution in [0, 0.1) is 0 Å². The van der Waals surface area contributed by atoms with Gasteiger partial charge in [-0.2, -0.15) is 14.7 Å². The average Bonchev–Trinajstić information content (AvgIpc) is 3.49. The maximum Gasteiger partial charge on any atom is 0.160 e. The number of thiophene rings is 1. The zero-order valence-electron chi connectivity index (χ0n) is 17.8. The molecule has 0 radical (unpaired) electrons. The number of morpholine rings is 1. The number of pyridine rings is 1. The van der Waals surface area contributed by atoms with Gasteiger partial charge in [0.05, 0.1) is 25.1 Å². The highest BCUT2D eigenvalue weighted by atomic mass is 32.1. The molecule has 1 saturated heterocycles. The molecule has 0 unspecified atom stereocenters. The molecule has 33 heavy (non-hydrogen) atoms. The van der Waals surface area contributed by atoms with E-state index in [1.165, 1.54) is 10.1 Å². The zero-order valence-corrected chi connectivity index (χ0v) is 18.6. The molecule has 8 nitrogen and oxygen atoms in total. The van der Waals surface area contributed by atoms with Gasteiger partial charge in [0.1, 0.15) is 5.82 Å². The molecule has 0 atom stereocenters. The average molecular weight is 456 g/mol. The minimum absolute atomic E-state index is 0.668. The maximum atomic E-state index is 5.55. The molecule has 0 bridgehead atoms. The molecule has 1 N–H and O–H groups in total. The molecular formula is C24H21N7OS. The van der Waals surface area contributed by atoms with E-state index in [0.29, 0.717) is 19.0 Å². The smallest absolute Gasteiger partial charge is 0.160 e. The molecule has 0 spiro atoms. The molecule has 0 amide bonds. The second kappa shape index (κ2) is 8.61. The number of aromatic nitrogens is 4. The molecule has 5 aromatic rings. The lowest BCUT2D eigenvalue weighted by Gasteiger charge is -2.29. The van der Waals surface area contributed by atoms with Crippen LogP contribution < -0.4 is 10.3 Å². The van der Waals surface area contributed by atoms with E-state index in [9.17, 15) is 0 Å². The summed E-state index contributed by atoms with van der Waals surface area (Å²) in [6, 6.07) is 16.2. The normalized spacial score (nSPS) is 14.5. The number of hydrogen-bond donors (Lipinski definition) is 1. The minimum Gasteiger partial charge on any atom is -0.378 e. The summed E-state index contributed by atoms with van der Waals surface area (Å²) in [4.78, 5) is 11.1. The van der Waals surface area contributed by atoms with E-state index >= 15 is 0 Å². The Balaban J connectivity index is 1.36. The van der Waals surface area contributed by atoms with Crippen LogP contribution in [0.4, 0.5) is 11.6 Å². The summed E-state index contributed by atoms with van der Waals surface area (Å²) >= 11 is 1.71. The third-order valence-corrected chi connectivity index (χ3v) is 6.59. The van der Waals surface area contributed by atoms with Crippen molar-refractivity contribution < 1.29 is 4.74 Å². The number of anilines is 2. The van der Waals surface area contributed by atoms with Gasteiger partial charge >= 0.3 is 0 Å². The summed E-state index contributed by atoms with van der Waals surface area (Å²) in [5.74, 6) is 1.63. The van der Waals surface area contributed by atoms with Crippen LogP contribution in [0.15, 0.2) is 71.4 Å². The molecule has 9 heteroatoms. The van der Waals surface area contributed by atoms with Crippen molar-refractivity contribution >= 4 is 44.9 Å². The standard InChI is InChI=1S/C24H21N7OS/c1-2-4-21-19(3-1)18(16-33-21)15-26-28-22-14-24(30-9-11-32-12-10-30)31-23(27-22)13-20(29-31)17-5-7-25-8-6-17/h1-8,13-16H,9-12H2,(H,27,28)/b26-15+. The fraction of sp³-hybridized carbons (Fsp3) is 0.167. The lowest BCUT2D eigenvalue weighted by atomic mass is 10.2. The van der Waals surface area contributed by atoms with Crippen LogP contribution in [-0.4, -0.2) is 52.1 Å². The number of nitrogens with one attached hydrogen (secondary N) is 1. The second-order valence-corrected chi connectivity index (χ2v) is 8.60. The van der Waals surface area contributed by atoms with Crippen LogP contribution >= 0.6 is 11.3 Å². The number of nitrogens with zero attached hydrogens (tertiary/aromatic N) is 6. The Morgan fingerprint density at radius 2 is 1.91 bits per heavy atom. The van der Waals surface area contributed by atoms with Crippen molar-refractivity contribution in [3.63, 3.8) is 0 Å². The van der Waals surface area contributed by atoms with E-state index in [0.717, 1.165) is 41.4 Å². The third-order valence-electron chi connectivity index (χ3n) is 5.61. The summed E-state index contributed by atoms with van der Waals surface area (Å²) in [6.45, 7) is 2.98. The molecule has 4 aromatic heterocycles. The molecule has 6 rings (SSSR count). The topological polar surface area (TPSA) is 79.9 Å². The van der Waals surface area contributed by atoms with Gasteiger partial charge in [0.25, 0.3) is 0 Å². The summed E-state index contributed by atoms with van der Waals surface area (Å²) in [5, 5.41) is 12.6. The quantitative estimate of drug-likeness (QED) is 0.315. The third kappa shape index (κ3) is 3.92. The van der Waals surface area contributed by atoms with Crippen molar-refractivity contribution in [3.8, 4) is 11.3 Å². The van der Waals surface area contributed by atoms with Gasteiger partial charge in [0.2, 0.25) is 0 Å². The predicted molar refractivity (Wildman–Crippen MR) is 132 cm³/mol. The summed E-state index contributed by atoms with van der Waals surface area (Å²) < 4.78 is 8.68. The number of hydrazone groups is 1. The van der Waals surface area contributed by atoms with Crippen LogP contribution in [0.1, 0.15) is 5.56 Å². The van der Waals surface area contributed by atoms with Gasteiger partial charge in [-0.3, -0.25) is 10.4 Å². The Morgan fingerprint density at radius 1 is 1.06 bits per heavy atom. The summed E-state index contributed by atoms with van der Waals surface area (Å²) in [6.07, 6.45) is 5.38. The largest absolute Gasteiger partial charge is 0.378 e. The van der Waals surface area contributed by atoms with Gasteiger partial charge in [-0.15, -0.1) is 11.3 Å². The molecule has 1 aromatic carbocycles. The Labute approximate surface area is 194 Å². The fourth-order valence-corrected chi connectivity index (χ4v) is 4.88. The van der Waals surface area contributed by atoms with E-state index in [1.807, 2.05) is 41.1 Å². The van der Waals surface area contributed by atoms with Crippen molar-refractivity contribution in [1.29, 1.82) is 0 Å². The fourth-order valence-electron chi connectivity index (χ4n) is 3.96. The first-order chi connectivity index (χ1) is 16.3. The number of benzene rings is 1. The van der Waals surface area contributed by atoms with Crippen LogP contribution in [0.25, 0.3) is 27.0 Å². The predicted octanol–water partition coefficient (Wildman–Crippen LogP) is 4.29. The Bertz CT molecular complexity index is 1440. The van der Waals surface area contributed by atoms with E-state index in [-0.39, 0.29) is 0 Å². The van der Waals surface area contributed by atoms with Crippen molar-refractivity contribution in [2.75, 3.05) is 36.6 Å². The molecule has 0 aliphatic carbocycles. The second-order valence-electron chi connectivity index (χ2n) is 7.69. The first kappa shape index (κ1) is 19.8. The number of fused-ring (bicyclic) bond motifs is 2. The molecule has 1 fully saturated rings. The lowest BCUT2D eigenvalue weighted by molar-refractivity contribution is 0.122. The van der Waals surface area contributed by atoms with Crippen molar-refractivity contribution in [2.24, 2.45) is 5.10 Å². The van der Waals surface area contributed by atoms with Gasteiger partial charge < -0.3 is 9.64 Å². The first-order valence-electron chi connectivity index (χ1n) is 10.7. The Hall–Kier alpha value is -3.82. The van der Waals surface area contributed by atoms with Gasteiger partial charge in [-0.05, 0) is 18.2 Å². The number of hydrogen-bond acceptors (Lipinski definition) is 8. The summed E-state index contributed by atoms with van der Waals surface area (Å²) in [7, 11) is 0. The monoisotopic (exact) mass is 455 g/mol. The highest BCUT2D eigenvalue weighted by Crippen LogP contribution is 2.26. The van der Waals surface area contributed by atoms with Crippen LogP contribution in [0.5, 0.6) is 0 Å². The summed E-state index contributed by atoms with van der Waals surface area (Å²) in [5.41, 5.74) is 6.81. The Morgan fingerprint density at radius 3 is 2.79 bits per heavy atom. The van der Waals surface area contributed by atoms with Gasteiger partial charge in [0.15, 0.2) is 11.5 Å². The molecule has 164 valence electrons. The lowest BCUT2D eigenvalue weighted by Crippen LogP contribution is -2.37. The Kier molecular flexibility index (Phi) is 5.17. The van der Waals surface area contributed by atoms with Gasteiger partial charge in [-0.1, -0.05) is 18.2 Å². The van der Waals surface area contributed by atoms with Crippen molar-refractivity contribution in [1.82, 2.24) is 19.6 Å². The van der Waals surface area contributed by atoms with Crippen LogP contribution in [0.3, 0.4) is 0 Å². The number of rotatable bonds is 5. The highest BCUT2D eigenvalue weighted by molar-refractivity contribution is 7.17. The minimum atomic E-state index is 0.668. The van der Waals surface area contributed by atoms with Gasteiger partial charge in [-0.25, -0.2) is 4.98 Å². The zero-order chi connectivity index (χ0) is 22.0. The molecule has 0 saturated carbocycles.